The van der Waals surface area contributed by atoms with E-state index in [1.807, 2.05) is 0 Å². The topological polar surface area (TPSA) is 52.2 Å². The largest absolute Gasteiger partial charge is 0.336 e. The molecular formula is C18H28N4O. The van der Waals surface area contributed by atoms with E-state index < -0.39 is 0 Å². The van der Waals surface area contributed by atoms with Gasteiger partial charge in [-0.1, -0.05) is 0 Å². The van der Waals surface area contributed by atoms with Gasteiger partial charge in [0.1, 0.15) is 0 Å². The minimum absolute atomic E-state index is 0.153. The highest BCUT2D eigenvalue weighted by atomic mass is 16.2. The van der Waals surface area contributed by atoms with E-state index >= 15 is 0 Å². The Morgan fingerprint density at radius 2 is 1.96 bits per heavy atom. The maximum Gasteiger partial charge on any atom is 0.274 e. The molecule has 1 aromatic rings. The average molecular weight is 316 g/mol. The summed E-state index contributed by atoms with van der Waals surface area (Å²) in [5.41, 5.74) is 3.09. The first-order valence-corrected chi connectivity index (χ1v) is 9.28. The lowest BCUT2D eigenvalue weighted by molar-refractivity contribution is 0.0721. The quantitative estimate of drug-likeness (QED) is 0.911. The fourth-order valence-corrected chi connectivity index (χ4v) is 4.95. The van der Waals surface area contributed by atoms with Crippen molar-refractivity contribution < 1.29 is 4.79 Å². The summed E-state index contributed by atoms with van der Waals surface area (Å²) in [5, 5.41) is 7.50. The molecule has 126 valence electrons. The molecule has 2 aliphatic heterocycles. The fraction of sp³-hybridized carbons (Fsp3) is 0.778. The average Bonchev–Trinajstić information content (AvgIpc) is 3.07. The van der Waals surface area contributed by atoms with Crippen molar-refractivity contribution in [1.82, 2.24) is 20.0 Å². The van der Waals surface area contributed by atoms with Gasteiger partial charge in [0.05, 0.1) is 0 Å². The number of hydrogen-bond acceptors (Lipinski definition) is 3. The fourth-order valence-electron chi connectivity index (χ4n) is 4.95. The highest BCUT2D eigenvalue weighted by Crippen LogP contribution is 2.33. The molecule has 0 spiro atoms. The first kappa shape index (κ1) is 15.2. The Bertz CT molecular complexity index is 594. The number of amides is 1. The second kappa shape index (κ2) is 5.93. The zero-order valence-corrected chi connectivity index (χ0v) is 14.3. The summed E-state index contributed by atoms with van der Waals surface area (Å²) in [6.45, 7) is 6.32. The van der Waals surface area contributed by atoms with Crippen molar-refractivity contribution in [3.05, 3.63) is 17.0 Å². The summed E-state index contributed by atoms with van der Waals surface area (Å²) >= 11 is 0. The van der Waals surface area contributed by atoms with Crippen LogP contribution in [0.3, 0.4) is 0 Å². The van der Waals surface area contributed by atoms with Crippen molar-refractivity contribution in [2.45, 2.75) is 76.9 Å². The number of carbonyl (C=O) groups is 1. The molecule has 5 heteroatoms. The van der Waals surface area contributed by atoms with Gasteiger partial charge in [-0.05, 0) is 58.8 Å². The predicted octanol–water partition coefficient (Wildman–Crippen LogP) is 2.38. The lowest BCUT2D eigenvalue weighted by Gasteiger charge is -2.32. The van der Waals surface area contributed by atoms with Gasteiger partial charge < -0.3 is 4.90 Å². The molecule has 2 atom stereocenters. The van der Waals surface area contributed by atoms with Crippen molar-refractivity contribution in [2.75, 3.05) is 13.1 Å². The molecule has 1 N–H and O–H groups in total. The number of hydrogen-bond donors (Lipinski definition) is 1. The molecule has 1 aliphatic carbocycles. The molecule has 23 heavy (non-hydrogen) atoms. The van der Waals surface area contributed by atoms with Crippen LogP contribution in [0.4, 0.5) is 0 Å². The summed E-state index contributed by atoms with van der Waals surface area (Å²) < 4.78 is 0. The van der Waals surface area contributed by atoms with E-state index in [4.69, 9.17) is 0 Å². The first-order chi connectivity index (χ1) is 11.1. The number of nitrogens with zero attached hydrogens (tertiary/aromatic N) is 3. The number of rotatable bonds is 2. The van der Waals surface area contributed by atoms with Crippen LogP contribution in [0.1, 0.15) is 67.7 Å². The number of aromatic nitrogens is 2. The SMILES string of the molecule is CC(C)N1C2CCC1CN(C(=O)c1n[nH]c3c1CCCC3)CC2. The third-order valence-corrected chi connectivity index (χ3v) is 5.98. The highest BCUT2D eigenvalue weighted by molar-refractivity contribution is 5.94. The molecule has 1 amide bonds. The predicted molar refractivity (Wildman–Crippen MR) is 89.5 cm³/mol. The van der Waals surface area contributed by atoms with E-state index in [1.165, 1.54) is 36.9 Å². The maximum absolute atomic E-state index is 13.1. The number of aryl methyl sites for hydroxylation is 1. The second-order valence-corrected chi connectivity index (χ2v) is 7.70. The second-order valence-electron chi connectivity index (χ2n) is 7.70. The van der Waals surface area contributed by atoms with Crippen molar-refractivity contribution in [3.8, 4) is 0 Å². The van der Waals surface area contributed by atoms with Crippen LogP contribution < -0.4 is 0 Å². The lowest BCUT2D eigenvalue weighted by Crippen LogP contribution is -2.44. The number of carbonyl (C=O) groups excluding carboxylic acids is 1. The van der Waals surface area contributed by atoms with Gasteiger partial charge in [0, 0.05) is 42.5 Å². The maximum atomic E-state index is 13.1. The smallest absolute Gasteiger partial charge is 0.274 e. The van der Waals surface area contributed by atoms with E-state index in [0.29, 0.717) is 23.8 Å². The van der Waals surface area contributed by atoms with Crippen LogP contribution in [-0.2, 0) is 12.8 Å². The van der Waals surface area contributed by atoms with E-state index in [0.717, 1.165) is 32.4 Å². The van der Waals surface area contributed by atoms with E-state index in [1.54, 1.807) is 0 Å². The Hall–Kier alpha value is -1.36. The van der Waals surface area contributed by atoms with Gasteiger partial charge >= 0.3 is 0 Å². The summed E-state index contributed by atoms with van der Waals surface area (Å²) in [4.78, 5) is 17.8. The van der Waals surface area contributed by atoms with Gasteiger partial charge in [-0.2, -0.15) is 5.10 Å². The molecule has 2 bridgehead atoms. The molecule has 0 saturated carbocycles. The van der Waals surface area contributed by atoms with Crippen LogP contribution in [0.25, 0.3) is 0 Å². The van der Waals surface area contributed by atoms with Gasteiger partial charge in [-0.15, -0.1) is 0 Å². The standard InChI is InChI=1S/C18H28N4O/c1-12(2)22-13-7-8-14(22)11-21(10-9-13)18(23)17-15-5-3-4-6-16(15)19-20-17/h12-14H,3-11H2,1-2H3,(H,19,20). The lowest BCUT2D eigenvalue weighted by atomic mass is 9.95. The molecular weight excluding hydrogens is 288 g/mol. The highest BCUT2D eigenvalue weighted by Gasteiger charge is 2.40. The Morgan fingerprint density at radius 1 is 1.17 bits per heavy atom. The van der Waals surface area contributed by atoms with Crippen molar-refractivity contribution in [1.29, 1.82) is 0 Å². The van der Waals surface area contributed by atoms with Crippen molar-refractivity contribution in [3.63, 3.8) is 0 Å². The molecule has 2 unspecified atom stereocenters. The molecule has 2 fully saturated rings. The van der Waals surface area contributed by atoms with Gasteiger partial charge in [0.25, 0.3) is 5.91 Å². The minimum Gasteiger partial charge on any atom is -0.336 e. The van der Waals surface area contributed by atoms with Gasteiger partial charge in [0.2, 0.25) is 0 Å². The number of aromatic amines is 1. The van der Waals surface area contributed by atoms with E-state index in [-0.39, 0.29) is 5.91 Å². The molecule has 1 aromatic heterocycles. The summed E-state index contributed by atoms with van der Waals surface area (Å²) in [7, 11) is 0. The van der Waals surface area contributed by atoms with Crippen LogP contribution in [-0.4, -0.2) is 57.1 Å². The zero-order chi connectivity index (χ0) is 16.0. The van der Waals surface area contributed by atoms with Crippen LogP contribution >= 0.6 is 0 Å². The van der Waals surface area contributed by atoms with Gasteiger partial charge in [0.15, 0.2) is 5.69 Å². The number of nitrogens with one attached hydrogen (secondary N) is 1. The summed E-state index contributed by atoms with van der Waals surface area (Å²) in [6, 6.07) is 1.76. The third kappa shape index (κ3) is 2.59. The zero-order valence-electron chi connectivity index (χ0n) is 14.3. The van der Waals surface area contributed by atoms with E-state index in [2.05, 4.69) is 33.8 Å². The summed E-state index contributed by atoms with van der Waals surface area (Å²) in [6.07, 6.45) is 8.06. The summed E-state index contributed by atoms with van der Waals surface area (Å²) in [5.74, 6) is 0.153. The Labute approximate surface area is 138 Å². The Kier molecular flexibility index (Phi) is 3.92. The Morgan fingerprint density at radius 3 is 2.78 bits per heavy atom. The molecule has 3 aliphatic rings. The minimum atomic E-state index is 0.153. The first-order valence-electron chi connectivity index (χ1n) is 9.28. The molecule has 2 saturated heterocycles. The third-order valence-electron chi connectivity index (χ3n) is 5.98. The molecule has 0 radical (unpaired) electrons. The number of fused-ring (bicyclic) bond motifs is 3. The molecule has 5 nitrogen and oxygen atoms in total. The van der Waals surface area contributed by atoms with Crippen molar-refractivity contribution >= 4 is 5.91 Å². The van der Waals surface area contributed by atoms with Crippen LogP contribution in [0.15, 0.2) is 0 Å². The van der Waals surface area contributed by atoms with Crippen LogP contribution in [0.2, 0.25) is 0 Å². The van der Waals surface area contributed by atoms with Crippen LogP contribution in [0, 0.1) is 0 Å². The van der Waals surface area contributed by atoms with Crippen molar-refractivity contribution in [2.24, 2.45) is 0 Å². The number of likely N-dealkylation sites (tertiary alicyclic amines) is 1. The van der Waals surface area contributed by atoms with Gasteiger partial charge in [-0.25, -0.2) is 0 Å². The normalized spacial score (nSPS) is 28.0. The van der Waals surface area contributed by atoms with E-state index in [9.17, 15) is 4.79 Å². The van der Waals surface area contributed by atoms with Crippen LogP contribution in [0.5, 0.6) is 0 Å². The monoisotopic (exact) mass is 316 g/mol. The Balaban J connectivity index is 1.55. The molecule has 3 heterocycles. The molecule has 0 aromatic carbocycles. The molecule has 4 rings (SSSR count). The van der Waals surface area contributed by atoms with Gasteiger partial charge in [-0.3, -0.25) is 14.8 Å². The number of H-pyrrole nitrogens is 1.